The molecule has 1 N–H and O–H groups in total. The highest BCUT2D eigenvalue weighted by molar-refractivity contribution is 7.10. The standard InChI is InChI=1S/C13H15ClN2OS/c14-10-7-11(18-8-10)3-4-12(17)16-13(9-15)5-1-2-6-13/h7-8H,1-6H2,(H,16,17). The summed E-state index contributed by atoms with van der Waals surface area (Å²) < 4.78 is 0. The number of amides is 1. The van der Waals surface area contributed by atoms with Gasteiger partial charge in [-0.25, -0.2) is 0 Å². The van der Waals surface area contributed by atoms with E-state index < -0.39 is 5.54 Å². The molecule has 1 amide bonds. The highest BCUT2D eigenvalue weighted by Crippen LogP contribution is 2.29. The van der Waals surface area contributed by atoms with E-state index in [1.807, 2.05) is 11.4 Å². The molecule has 3 nitrogen and oxygen atoms in total. The summed E-state index contributed by atoms with van der Waals surface area (Å²) in [6.07, 6.45) is 4.70. The van der Waals surface area contributed by atoms with Gasteiger partial charge in [-0.05, 0) is 38.2 Å². The highest BCUT2D eigenvalue weighted by Gasteiger charge is 2.35. The van der Waals surface area contributed by atoms with E-state index in [-0.39, 0.29) is 5.91 Å². The molecule has 5 heteroatoms. The third-order valence-electron chi connectivity index (χ3n) is 3.27. The van der Waals surface area contributed by atoms with Crippen molar-refractivity contribution in [1.29, 1.82) is 5.26 Å². The number of carbonyl (C=O) groups is 1. The number of aryl methyl sites for hydroxylation is 1. The zero-order valence-electron chi connectivity index (χ0n) is 10.0. The highest BCUT2D eigenvalue weighted by atomic mass is 35.5. The fourth-order valence-electron chi connectivity index (χ4n) is 2.29. The number of hydrogen-bond acceptors (Lipinski definition) is 3. The molecule has 0 unspecified atom stereocenters. The molecular formula is C13H15ClN2OS. The minimum atomic E-state index is -0.607. The monoisotopic (exact) mass is 282 g/mol. The topological polar surface area (TPSA) is 52.9 Å². The van der Waals surface area contributed by atoms with Crippen LogP contribution in [0.3, 0.4) is 0 Å². The van der Waals surface area contributed by atoms with Crippen molar-refractivity contribution in [3.63, 3.8) is 0 Å². The zero-order chi connectivity index (χ0) is 13.0. The molecule has 0 saturated heterocycles. The molecule has 0 atom stereocenters. The molecule has 18 heavy (non-hydrogen) atoms. The number of nitrogens with one attached hydrogen (secondary N) is 1. The van der Waals surface area contributed by atoms with Crippen LogP contribution in [0, 0.1) is 11.3 Å². The summed E-state index contributed by atoms with van der Waals surface area (Å²) in [5.74, 6) is -0.0389. The Kier molecular flexibility index (Phi) is 4.26. The third-order valence-corrected chi connectivity index (χ3v) is 4.61. The van der Waals surface area contributed by atoms with E-state index in [0.717, 1.165) is 35.6 Å². The molecule has 0 spiro atoms. The minimum Gasteiger partial charge on any atom is -0.338 e. The van der Waals surface area contributed by atoms with Crippen LogP contribution in [0.5, 0.6) is 0 Å². The lowest BCUT2D eigenvalue weighted by molar-refractivity contribution is -0.122. The van der Waals surface area contributed by atoms with Gasteiger partial charge in [-0.2, -0.15) is 5.26 Å². The first-order valence-corrected chi connectivity index (χ1v) is 7.34. The first-order valence-electron chi connectivity index (χ1n) is 6.09. The van der Waals surface area contributed by atoms with Gasteiger partial charge < -0.3 is 5.32 Å². The molecule has 1 fully saturated rings. The van der Waals surface area contributed by atoms with Crippen molar-refractivity contribution in [2.24, 2.45) is 0 Å². The number of nitrogens with zero attached hydrogens (tertiary/aromatic N) is 1. The maximum atomic E-state index is 11.9. The molecule has 1 aromatic heterocycles. The van der Waals surface area contributed by atoms with E-state index in [9.17, 15) is 10.1 Å². The fraction of sp³-hybridized carbons (Fsp3) is 0.538. The predicted octanol–water partition coefficient (Wildman–Crippen LogP) is 3.29. The molecule has 0 aromatic carbocycles. The molecule has 0 bridgehead atoms. The van der Waals surface area contributed by atoms with Crippen LogP contribution in [0.15, 0.2) is 11.4 Å². The minimum absolute atomic E-state index is 0.0389. The molecule has 0 aliphatic heterocycles. The van der Waals surface area contributed by atoms with E-state index in [4.69, 9.17) is 11.6 Å². The molecular weight excluding hydrogens is 268 g/mol. The van der Waals surface area contributed by atoms with Crippen molar-refractivity contribution < 1.29 is 4.79 Å². The van der Waals surface area contributed by atoms with Crippen LogP contribution in [0.2, 0.25) is 5.02 Å². The number of hydrogen-bond donors (Lipinski definition) is 1. The number of thiophene rings is 1. The number of nitriles is 1. The van der Waals surface area contributed by atoms with Gasteiger partial charge in [-0.1, -0.05) is 11.6 Å². The Morgan fingerprint density at radius 1 is 1.56 bits per heavy atom. The van der Waals surface area contributed by atoms with E-state index in [1.165, 1.54) is 0 Å². The molecule has 1 aliphatic rings. The lowest BCUT2D eigenvalue weighted by atomic mass is 9.99. The second-order valence-corrected chi connectivity index (χ2v) is 6.11. The second-order valence-electron chi connectivity index (χ2n) is 4.68. The Morgan fingerprint density at radius 3 is 2.83 bits per heavy atom. The van der Waals surface area contributed by atoms with Gasteiger partial charge in [-0.3, -0.25) is 4.79 Å². The van der Waals surface area contributed by atoms with Crippen LogP contribution < -0.4 is 5.32 Å². The zero-order valence-corrected chi connectivity index (χ0v) is 11.6. The summed E-state index contributed by atoms with van der Waals surface area (Å²) >= 11 is 7.39. The van der Waals surface area contributed by atoms with Crippen molar-refractivity contribution in [1.82, 2.24) is 5.32 Å². The Hall–Kier alpha value is -1.05. The number of carbonyl (C=O) groups excluding carboxylic acids is 1. The Morgan fingerprint density at radius 2 is 2.28 bits per heavy atom. The maximum absolute atomic E-state index is 11.9. The Balaban J connectivity index is 1.83. The fourth-order valence-corrected chi connectivity index (χ4v) is 3.37. The van der Waals surface area contributed by atoms with Crippen LogP contribution in [0.1, 0.15) is 37.0 Å². The van der Waals surface area contributed by atoms with Gasteiger partial charge in [0.05, 0.1) is 11.1 Å². The van der Waals surface area contributed by atoms with Gasteiger partial charge in [0.15, 0.2) is 0 Å². The number of halogens is 1. The van der Waals surface area contributed by atoms with Crippen molar-refractivity contribution in [2.75, 3.05) is 0 Å². The van der Waals surface area contributed by atoms with Gasteiger partial charge in [0.2, 0.25) is 5.91 Å². The van der Waals surface area contributed by atoms with Crippen molar-refractivity contribution in [3.8, 4) is 6.07 Å². The largest absolute Gasteiger partial charge is 0.338 e. The first-order chi connectivity index (χ1) is 8.63. The smallest absolute Gasteiger partial charge is 0.221 e. The van der Waals surface area contributed by atoms with Crippen LogP contribution in [0.4, 0.5) is 0 Å². The average molecular weight is 283 g/mol. The van der Waals surface area contributed by atoms with E-state index in [0.29, 0.717) is 12.8 Å². The van der Waals surface area contributed by atoms with E-state index >= 15 is 0 Å². The Labute approximate surface area is 116 Å². The van der Waals surface area contributed by atoms with Crippen LogP contribution in [-0.4, -0.2) is 11.4 Å². The summed E-state index contributed by atoms with van der Waals surface area (Å²) in [5, 5.41) is 14.7. The van der Waals surface area contributed by atoms with Crippen molar-refractivity contribution in [2.45, 2.75) is 44.1 Å². The summed E-state index contributed by atoms with van der Waals surface area (Å²) in [6.45, 7) is 0. The van der Waals surface area contributed by atoms with Crippen molar-refractivity contribution in [3.05, 3.63) is 21.3 Å². The van der Waals surface area contributed by atoms with Crippen LogP contribution in [0.25, 0.3) is 0 Å². The second kappa shape index (κ2) is 5.73. The average Bonchev–Trinajstić information content (AvgIpc) is 2.97. The predicted molar refractivity (Wildman–Crippen MR) is 72.6 cm³/mol. The molecule has 2 rings (SSSR count). The van der Waals surface area contributed by atoms with Gasteiger partial charge >= 0.3 is 0 Å². The summed E-state index contributed by atoms with van der Waals surface area (Å²) in [7, 11) is 0. The molecule has 1 aromatic rings. The van der Waals surface area contributed by atoms with E-state index in [2.05, 4.69) is 11.4 Å². The van der Waals surface area contributed by atoms with Crippen molar-refractivity contribution >= 4 is 28.8 Å². The summed E-state index contributed by atoms with van der Waals surface area (Å²) in [6, 6.07) is 4.14. The van der Waals surface area contributed by atoms with Gasteiger partial charge in [-0.15, -0.1) is 11.3 Å². The maximum Gasteiger partial charge on any atom is 0.221 e. The van der Waals surface area contributed by atoms with E-state index in [1.54, 1.807) is 11.3 Å². The summed E-state index contributed by atoms with van der Waals surface area (Å²) in [5.41, 5.74) is -0.607. The summed E-state index contributed by atoms with van der Waals surface area (Å²) in [4.78, 5) is 13.0. The quantitative estimate of drug-likeness (QED) is 0.921. The van der Waals surface area contributed by atoms with Crippen LogP contribution in [-0.2, 0) is 11.2 Å². The third kappa shape index (κ3) is 3.24. The SMILES string of the molecule is N#CC1(NC(=O)CCc2cc(Cl)cs2)CCCC1. The number of rotatable bonds is 4. The normalized spacial score (nSPS) is 17.3. The Bertz CT molecular complexity index is 472. The van der Waals surface area contributed by atoms with Gasteiger partial charge in [0, 0.05) is 16.7 Å². The first kappa shape index (κ1) is 13.4. The van der Waals surface area contributed by atoms with Crippen LogP contribution >= 0.6 is 22.9 Å². The molecule has 1 heterocycles. The lowest BCUT2D eigenvalue weighted by Gasteiger charge is -2.21. The molecule has 0 radical (unpaired) electrons. The molecule has 1 saturated carbocycles. The lowest BCUT2D eigenvalue weighted by Crippen LogP contribution is -2.45. The van der Waals surface area contributed by atoms with Gasteiger partial charge in [0.25, 0.3) is 0 Å². The molecule has 96 valence electrons. The molecule has 1 aliphatic carbocycles. The van der Waals surface area contributed by atoms with Gasteiger partial charge in [0.1, 0.15) is 5.54 Å².